The van der Waals surface area contributed by atoms with Crippen molar-refractivity contribution in [2.24, 2.45) is 0 Å². The zero-order valence-corrected chi connectivity index (χ0v) is 11.3. The maximum absolute atomic E-state index is 11.3. The Bertz CT molecular complexity index is 625. The number of aromatic carboxylic acids is 1. The molecule has 1 amide bonds. The van der Waals surface area contributed by atoms with Crippen LogP contribution in [0.2, 0.25) is 0 Å². The van der Waals surface area contributed by atoms with Gasteiger partial charge in [0.25, 0.3) is 5.91 Å². The van der Waals surface area contributed by atoms with Crippen LogP contribution in [0.5, 0.6) is 0 Å². The van der Waals surface area contributed by atoms with Gasteiger partial charge in [0.1, 0.15) is 10.8 Å². The maximum Gasteiger partial charge on any atom is 0.355 e. The SMILES string of the molecule is CNC(=O)c1ccc(NCc2nc(C(=O)O)cs2)nn1. The quantitative estimate of drug-likeness (QED) is 0.739. The molecular weight excluding hydrogens is 282 g/mol. The van der Waals surface area contributed by atoms with Gasteiger partial charge in [-0.3, -0.25) is 4.79 Å². The Morgan fingerprint density at radius 1 is 1.30 bits per heavy atom. The predicted molar refractivity (Wildman–Crippen MR) is 71.8 cm³/mol. The first kappa shape index (κ1) is 13.9. The Morgan fingerprint density at radius 3 is 2.65 bits per heavy atom. The smallest absolute Gasteiger partial charge is 0.355 e. The van der Waals surface area contributed by atoms with Crippen molar-refractivity contribution in [1.29, 1.82) is 0 Å². The van der Waals surface area contributed by atoms with Crippen LogP contribution in [0, 0.1) is 0 Å². The standard InChI is InChI=1S/C11H11N5O3S/c1-12-10(17)6-2-3-8(16-15-6)13-4-9-14-7(5-20-9)11(18)19/h2-3,5H,4H2,1H3,(H,12,17)(H,13,16)(H,18,19). The number of hydrogen-bond acceptors (Lipinski definition) is 7. The van der Waals surface area contributed by atoms with Crippen LogP contribution in [-0.4, -0.2) is 39.2 Å². The lowest BCUT2D eigenvalue weighted by Crippen LogP contribution is -2.19. The fraction of sp³-hybridized carbons (Fsp3) is 0.182. The number of thiazole rings is 1. The number of carbonyl (C=O) groups is 2. The number of anilines is 1. The first-order chi connectivity index (χ1) is 9.60. The summed E-state index contributed by atoms with van der Waals surface area (Å²) in [6, 6.07) is 3.15. The molecule has 20 heavy (non-hydrogen) atoms. The van der Waals surface area contributed by atoms with Gasteiger partial charge in [0.05, 0.1) is 6.54 Å². The average Bonchev–Trinajstić information content (AvgIpc) is 2.94. The third kappa shape index (κ3) is 3.26. The van der Waals surface area contributed by atoms with E-state index in [1.165, 1.54) is 23.8 Å². The Balaban J connectivity index is 1.96. The van der Waals surface area contributed by atoms with E-state index in [-0.39, 0.29) is 17.3 Å². The second-order valence-corrected chi connectivity index (χ2v) is 4.61. The predicted octanol–water partition coefficient (Wildman–Crippen LogP) is 0.603. The molecule has 0 saturated heterocycles. The highest BCUT2D eigenvalue weighted by Crippen LogP contribution is 2.11. The first-order valence-corrected chi connectivity index (χ1v) is 6.45. The van der Waals surface area contributed by atoms with Gasteiger partial charge in [0.15, 0.2) is 11.4 Å². The van der Waals surface area contributed by atoms with Gasteiger partial charge in [-0.1, -0.05) is 0 Å². The van der Waals surface area contributed by atoms with Crippen molar-refractivity contribution in [2.45, 2.75) is 6.54 Å². The van der Waals surface area contributed by atoms with Crippen molar-refractivity contribution < 1.29 is 14.7 Å². The lowest BCUT2D eigenvalue weighted by molar-refractivity contribution is 0.0691. The molecule has 0 aliphatic heterocycles. The van der Waals surface area contributed by atoms with Crippen molar-refractivity contribution in [3.8, 4) is 0 Å². The minimum atomic E-state index is -1.05. The van der Waals surface area contributed by atoms with Crippen LogP contribution in [-0.2, 0) is 6.54 Å². The zero-order chi connectivity index (χ0) is 14.5. The summed E-state index contributed by atoms with van der Waals surface area (Å²) in [4.78, 5) is 25.9. The van der Waals surface area contributed by atoms with Gasteiger partial charge in [0, 0.05) is 12.4 Å². The van der Waals surface area contributed by atoms with E-state index >= 15 is 0 Å². The minimum Gasteiger partial charge on any atom is -0.476 e. The lowest BCUT2D eigenvalue weighted by atomic mass is 10.3. The molecule has 0 atom stereocenters. The number of rotatable bonds is 5. The van der Waals surface area contributed by atoms with Gasteiger partial charge >= 0.3 is 5.97 Å². The van der Waals surface area contributed by atoms with E-state index in [1.54, 1.807) is 12.1 Å². The second-order valence-electron chi connectivity index (χ2n) is 3.67. The van der Waals surface area contributed by atoms with Crippen LogP contribution in [0.3, 0.4) is 0 Å². The van der Waals surface area contributed by atoms with Crippen LogP contribution in [0.15, 0.2) is 17.5 Å². The van der Waals surface area contributed by atoms with E-state index in [9.17, 15) is 9.59 Å². The highest BCUT2D eigenvalue weighted by molar-refractivity contribution is 7.09. The molecule has 0 aliphatic carbocycles. The highest BCUT2D eigenvalue weighted by Gasteiger charge is 2.09. The van der Waals surface area contributed by atoms with Crippen LogP contribution in [0.1, 0.15) is 26.0 Å². The molecule has 2 aromatic heterocycles. The molecular formula is C11H11N5O3S. The van der Waals surface area contributed by atoms with Crippen LogP contribution in [0.25, 0.3) is 0 Å². The molecule has 0 spiro atoms. The summed E-state index contributed by atoms with van der Waals surface area (Å²) in [5, 5.41) is 23.8. The fourth-order valence-corrected chi connectivity index (χ4v) is 2.04. The van der Waals surface area contributed by atoms with Crippen LogP contribution < -0.4 is 10.6 Å². The van der Waals surface area contributed by atoms with Gasteiger partial charge in [-0.15, -0.1) is 21.5 Å². The molecule has 2 aromatic rings. The number of amides is 1. The number of carboxylic acids is 1. The summed E-state index contributed by atoms with van der Waals surface area (Å²) < 4.78 is 0. The molecule has 3 N–H and O–H groups in total. The molecule has 2 rings (SSSR count). The summed E-state index contributed by atoms with van der Waals surface area (Å²) in [6.45, 7) is 0.339. The molecule has 0 radical (unpaired) electrons. The molecule has 8 nitrogen and oxygen atoms in total. The lowest BCUT2D eigenvalue weighted by Gasteiger charge is -2.03. The number of nitrogens with one attached hydrogen (secondary N) is 2. The van der Waals surface area contributed by atoms with Crippen molar-refractivity contribution >= 4 is 29.0 Å². The average molecular weight is 293 g/mol. The number of nitrogens with zero attached hydrogens (tertiary/aromatic N) is 3. The van der Waals surface area contributed by atoms with E-state index in [0.29, 0.717) is 17.4 Å². The third-order valence-corrected chi connectivity index (χ3v) is 3.16. The topological polar surface area (TPSA) is 117 Å². The van der Waals surface area contributed by atoms with E-state index in [1.807, 2.05) is 0 Å². The molecule has 0 fully saturated rings. The Hall–Kier alpha value is -2.55. The molecule has 0 unspecified atom stereocenters. The second kappa shape index (κ2) is 6.06. The molecule has 0 aliphatic rings. The fourth-order valence-electron chi connectivity index (χ4n) is 1.33. The summed E-state index contributed by atoms with van der Waals surface area (Å²) in [7, 11) is 1.51. The molecule has 0 bridgehead atoms. The molecule has 0 aromatic carbocycles. The number of hydrogen-bond donors (Lipinski definition) is 3. The molecule has 0 saturated carbocycles. The molecule has 2 heterocycles. The first-order valence-electron chi connectivity index (χ1n) is 5.57. The molecule has 9 heteroatoms. The van der Waals surface area contributed by atoms with Gasteiger partial charge < -0.3 is 15.7 Å². The van der Waals surface area contributed by atoms with Crippen molar-refractivity contribution in [1.82, 2.24) is 20.5 Å². The van der Waals surface area contributed by atoms with Gasteiger partial charge in [-0.2, -0.15) is 0 Å². The normalized spacial score (nSPS) is 10.1. The summed E-state index contributed by atoms with van der Waals surface area (Å²) >= 11 is 1.24. The number of aromatic nitrogens is 3. The monoisotopic (exact) mass is 293 g/mol. The summed E-state index contributed by atoms with van der Waals surface area (Å²) in [5.41, 5.74) is 0.244. The Labute approximate surface area is 117 Å². The van der Waals surface area contributed by atoms with Crippen molar-refractivity contribution in [2.75, 3.05) is 12.4 Å². The van der Waals surface area contributed by atoms with Crippen LogP contribution in [0.4, 0.5) is 5.82 Å². The maximum atomic E-state index is 11.3. The molecule has 104 valence electrons. The Morgan fingerprint density at radius 2 is 2.10 bits per heavy atom. The van der Waals surface area contributed by atoms with E-state index in [4.69, 9.17) is 5.11 Å². The minimum absolute atomic E-state index is 0.0212. The van der Waals surface area contributed by atoms with E-state index < -0.39 is 5.97 Å². The van der Waals surface area contributed by atoms with Crippen molar-refractivity contribution in [3.63, 3.8) is 0 Å². The number of carboxylic acid groups (broad SMARTS) is 1. The zero-order valence-electron chi connectivity index (χ0n) is 10.5. The van der Waals surface area contributed by atoms with Crippen LogP contribution >= 0.6 is 11.3 Å². The van der Waals surface area contributed by atoms with Gasteiger partial charge in [-0.05, 0) is 12.1 Å². The summed E-state index contributed by atoms with van der Waals surface area (Å²) in [5.74, 6) is -0.887. The largest absolute Gasteiger partial charge is 0.476 e. The highest BCUT2D eigenvalue weighted by atomic mass is 32.1. The van der Waals surface area contributed by atoms with E-state index in [2.05, 4.69) is 25.8 Å². The number of carbonyl (C=O) groups excluding carboxylic acids is 1. The third-order valence-electron chi connectivity index (χ3n) is 2.32. The Kier molecular flexibility index (Phi) is 4.20. The van der Waals surface area contributed by atoms with E-state index in [0.717, 1.165) is 0 Å². The van der Waals surface area contributed by atoms with Crippen molar-refractivity contribution in [3.05, 3.63) is 33.9 Å². The van der Waals surface area contributed by atoms with Gasteiger partial charge in [-0.25, -0.2) is 9.78 Å². The van der Waals surface area contributed by atoms with Gasteiger partial charge in [0.2, 0.25) is 0 Å². The summed E-state index contributed by atoms with van der Waals surface area (Å²) in [6.07, 6.45) is 0.